The van der Waals surface area contributed by atoms with Crippen molar-refractivity contribution in [2.45, 2.75) is 25.8 Å². The Hall–Kier alpha value is -3.17. The van der Waals surface area contributed by atoms with E-state index in [9.17, 15) is 4.79 Å². The molecule has 1 saturated heterocycles. The Morgan fingerprint density at radius 1 is 1.30 bits per heavy atom. The number of benzene rings is 1. The molecule has 4 rings (SSSR count). The van der Waals surface area contributed by atoms with Gasteiger partial charge in [0.15, 0.2) is 23.1 Å². The monoisotopic (exact) mass is 426 g/mol. The van der Waals surface area contributed by atoms with Crippen LogP contribution in [-0.4, -0.2) is 50.1 Å². The van der Waals surface area contributed by atoms with Crippen molar-refractivity contribution in [1.29, 1.82) is 0 Å². The summed E-state index contributed by atoms with van der Waals surface area (Å²) >= 11 is 5.98. The number of nitrogens with two attached hydrogens (primary N) is 1. The quantitative estimate of drug-likeness (QED) is 0.476. The number of nitrogens with one attached hydrogen (secondary N) is 3. The van der Waals surface area contributed by atoms with Crippen LogP contribution in [0, 0.1) is 6.92 Å². The molecule has 0 aliphatic carbocycles. The zero-order valence-corrected chi connectivity index (χ0v) is 17.3. The predicted molar refractivity (Wildman–Crippen MR) is 116 cm³/mol. The standard InChI is InChI=1S/C20H23ClN8O/c1-12-9-16(28-27-12)25-17-11-23-18(20(30)29-8-2-3-15(29)10-22)19(26-17)24-14-6-4-13(21)5-7-14/h4-7,9,11,15H,2-3,8,10,22H2,1H3,(H3,24,25,26,27,28)/t15-/m0/s1. The molecule has 0 spiro atoms. The molecule has 0 unspecified atom stereocenters. The van der Waals surface area contributed by atoms with Crippen molar-refractivity contribution >= 4 is 40.6 Å². The highest BCUT2D eigenvalue weighted by molar-refractivity contribution is 6.30. The van der Waals surface area contributed by atoms with E-state index in [4.69, 9.17) is 17.3 Å². The minimum atomic E-state index is -0.186. The fraction of sp³-hybridized carbons (Fsp3) is 0.300. The Morgan fingerprint density at radius 3 is 2.80 bits per heavy atom. The summed E-state index contributed by atoms with van der Waals surface area (Å²) < 4.78 is 0. The Bertz CT molecular complexity index is 1040. The number of rotatable bonds is 6. The molecule has 2 aromatic heterocycles. The summed E-state index contributed by atoms with van der Waals surface area (Å²) in [7, 11) is 0. The van der Waals surface area contributed by atoms with Gasteiger partial charge in [-0.25, -0.2) is 9.97 Å². The second kappa shape index (κ2) is 8.68. The smallest absolute Gasteiger partial charge is 0.276 e. The van der Waals surface area contributed by atoms with E-state index in [1.54, 1.807) is 17.0 Å². The van der Waals surface area contributed by atoms with Gasteiger partial charge < -0.3 is 21.3 Å². The SMILES string of the molecule is Cc1cc(Nc2cnc(C(=O)N3CCC[C@H]3CN)c(Nc3ccc(Cl)cc3)n2)n[nH]1. The van der Waals surface area contributed by atoms with Crippen molar-refractivity contribution in [3.05, 3.63) is 52.9 Å². The number of aryl methyl sites for hydroxylation is 1. The molecule has 0 radical (unpaired) electrons. The zero-order valence-electron chi connectivity index (χ0n) is 16.5. The Labute approximate surface area is 179 Å². The lowest BCUT2D eigenvalue weighted by Crippen LogP contribution is -2.40. The van der Waals surface area contributed by atoms with E-state index in [0.29, 0.717) is 35.6 Å². The number of carbonyl (C=O) groups excluding carboxylic acids is 1. The number of halogens is 1. The highest BCUT2D eigenvalue weighted by Crippen LogP contribution is 2.26. The van der Waals surface area contributed by atoms with Gasteiger partial charge in [0, 0.05) is 41.6 Å². The molecule has 5 N–H and O–H groups in total. The molecule has 1 atom stereocenters. The van der Waals surface area contributed by atoms with E-state index < -0.39 is 0 Å². The molecular weight excluding hydrogens is 404 g/mol. The first kappa shape index (κ1) is 20.1. The van der Waals surface area contributed by atoms with Crippen molar-refractivity contribution in [3.8, 4) is 0 Å². The topological polar surface area (TPSA) is 125 Å². The summed E-state index contributed by atoms with van der Waals surface area (Å²) in [6, 6.07) is 9.02. The maximum Gasteiger partial charge on any atom is 0.276 e. The number of H-pyrrole nitrogens is 1. The second-order valence-corrected chi connectivity index (χ2v) is 7.61. The van der Waals surface area contributed by atoms with E-state index >= 15 is 0 Å². The number of likely N-dealkylation sites (tertiary alicyclic amines) is 1. The molecule has 1 aliphatic rings. The molecule has 10 heteroatoms. The van der Waals surface area contributed by atoms with Crippen molar-refractivity contribution in [2.24, 2.45) is 5.73 Å². The fourth-order valence-electron chi connectivity index (χ4n) is 3.46. The van der Waals surface area contributed by atoms with E-state index in [2.05, 4.69) is 30.8 Å². The summed E-state index contributed by atoms with van der Waals surface area (Å²) in [5.41, 5.74) is 7.75. The number of aromatic nitrogens is 4. The molecule has 9 nitrogen and oxygen atoms in total. The number of hydrogen-bond acceptors (Lipinski definition) is 7. The van der Waals surface area contributed by atoms with Crippen LogP contribution >= 0.6 is 11.6 Å². The van der Waals surface area contributed by atoms with Crippen LogP contribution in [0.4, 0.5) is 23.1 Å². The second-order valence-electron chi connectivity index (χ2n) is 7.18. The van der Waals surface area contributed by atoms with Crippen LogP contribution in [0.15, 0.2) is 36.5 Å². The van der Waals surface area contributed by atoms with Crippen LogP contribution in [0.1, 0.15) is 29.0 Å². The summed E-state index contributed by atoms with van der Waals surface area (Å²) in [5, 5.41) is 13.9. The molecule has 0 saturated carbocycles. The normalized spacial score (nSPS) is 16.0. The van der Waals surface area contributed by atoms with E-state index in [-0.39, 0.29) is 17.6 Å². The van der Waals surface area contributed by atoms with Crippen LogP contribution in [0.5, 0.6) is 0 Å². The van der Waals surface area contributed by atoms with Crippen molar-refractivity contribution < 1.29 is 4.79 Å². The van der Waals surface area contributed by atoms with Crippen LogP contribution in [0.2, 0.25) is 5.02 Å². The van der Waals surface area contributed by atoms with Crippen molar-refractivity contribution in [2.75, 3.05) is 23.7 Å². The first-order chi connectivity index (χ1) is 14.5. The predicted octanol–water partition coefficient (Wildman–Crippen LogP) is 3.21. The fourth-order valence-corrected chi connectivity index (χ4v) is 3.59. The first-order valence-electron chi connectivity index (χ1n) is 9.73. The van der Waals surface area contributed by atoms with Gasteiger partial charge in [0.1, 0.15) is 0 Å². The third-order valence-electron chi connectivity index (χ3n) is 4.95. The highest BCUT2D eigenvalue weighted by Gasteiger charge is 2.31. The molecule has 3 heterocycles. The van der Waals surface area contributed by atoms with Crippen LogP contribution < -0.4 is 16.4 Å². The third-order valence-corrected chi connectivity index (χ3v) is 5.21. The van der Waals surface area contributed by atoms with Crippen LogP contribution in [0.25, 0.3) is 0 Å². The largest absolute Gasteiger partial charge is 0.338 e. The summed E-state index contributed by atoms with van der Waals surface area (Å²) in [4.78, 5) is 24.0. The molecule has 3 aromatic rings. The number of carbonyl (C=O) groups is 1. The van der Waals surface area contributed by atoms with Crippen LogP contribution in [-0.2, 0) is 0 Å². The lowest BCUT2D eigenvalue weighted by atomic mass is 10.2. The van der Waals surface area contributed by atoms with Crippen molar-refractivity contribution in [3.63, 3.8) is 0 Å². The molecule has 1 fully saturated rings. The Morgan fingerprint density at radius 2 is 2.10 bits per heavy atom. The van der Waals surface area contributed by atoms with Gasteiger partial charge in [0.25, 0.3) is 5.91 Å². The number of hydrogen-bond donors (Lipinski definition) is 4. The van der Waals surface area contributed by atoms with Gasteiger partial charge >= 0.3 is 0 Å². The Kier molecular flexibility index (Phi) is 5.82. The average molecular weight is 427 g/mol. The molecule has 1 aliphatic heterocycles. The molecule has 1 amide bonds. The third kappa shape index (κ3) is 4.37. The molecule has 156 valence electrons. The van der Waals surface area contributed by atoms with Gasteiger partial charge in [-0.2, -0.15) is 5.10 Å². The summed E-state index contributed by atoms with van der Waals surface area (Å²) in [6.45, 7) is 3.00. The molecule has 1 aromatic carbocycles. The van der Waals surface area contributed by atoms with E-state index in [1.165, 1.54) is 6.20 Å². The average Bonchev–Trinajstić information content (AvgIpc) is 3.38. The summed E-state index contributed by atoms with van der Waals surface area (Å²) in [5.74, 6) is 1.24. The summed E-state index contributed by atoms with van der Waals surface area (Å²) in [6.07, 6.45) is 3.35. The molecular formula is C20H23ClN8O. The van der Waals surface area contributed by atoms with E-state index in [1.807, 2.05) is 25.1 Å². The minimum Gasteiger partial charge on any atom is -0.338 e. The zero-order chi connectivity index (χ0) is 21.1. The lowest BCUT2D eigenvalue weighted by Gasteiger charge is -2.24. The maximum atomic E-state index is 13.2. The molecule has 0 bridgehead atoms. The van der Waals surface area contributed by atoms with E-state index in [0.717, 1.165) is 24.2 Å². The van der Waals surface area contributed by atoms with Gasteiger partial charge in [-0.05, 0) is 44.0 Å². The Balaban J connectivity index is 1.66. The number of aromatic amines is 1. The number of nitrogens with zero attached hydrogens (tertiary/aromatic N) is 4. The lowest BCUT2D eigenvalue weighted by molar-refractivity contribution is 0.0736. The first-order valence-corrected chi connectivity index (χ1v) is 10.1. The number of amides is 1. The number of anilines is 4. The minimum absolute atomic E-state index is 0.0208. The molecule has 30 heavy (non-hydrogen) atoms. The highest BCUT2D eigenvalue weighted by atomic mass is 35.5. The van der Waals surface area contributed by atoms with Crippen molar-refractivity contribution in [1.82, 2.24) is 25.1 Å². The van der Waals surface area contributed by atoms with Gasteiger partial charge in [-0.15, -0.1) is 0 Å². The van der Waals surface area contributed by atoms with Gasteiger partial charge in [0.2, 0.25) is 0 Å². The van der Waals surface area contributed by atoms with Gasteiger partial charge in [-0.1, -0.05) is 11.6 Å². The van der Waals surface area contributed by atoms with Gasteiger partial charge in [-0.3, -0.25) is 9.89 Å². The van der Waals surface area contributed by atoms with Gasteiger partial charge in [0.05, 0.1) is 6.20 Å². The van der Waals surface area contributed by atoms with Crippen LogP contribution in [0.3, 0.4) is 0 Å². The maximum absolute atomic E-state index is 13.2.